The van der Waals surface area contributed by atoms with Gasteiger partial charge < -0.3 is 4.90 Å². The van der Waals surface area contributed by atoms with Crippen molar-refractivity contribution in [1.29, 1.82) is 0 Å². The van der Waals surface area contributed by atoms with E-state index >= 15 is 0 Å². The Labute approximate surface area is 133 Å². The van der Waals surface area contributed by atoms with Gasteiger partial charge in [0.05, 0.1) is 16.0 Å². The molecular weight excluding hydrogens is 302 g/mol. The molecule has 1 aliphatic rings. The highest BCUT2D eigenvalue weighted by molar-refractivity contribution is 6.33. The van der Waals surface area contributed by atoms with Crippen molar-refractivity contribution in [1.82, 2.24) is 4.98 Å². The number of benzene rings is 1. The Balaban J connectivity index is 1.96. The second kappa shape index (κ2) is 6.32. The van der Waals surface area contributed by atoms with E-state index in [9.17, 15) is 10.1 Å². The summed E-state index contributed by atoms with van der Waals surface area (Å²) in [4.78, 5) is 16.8. The number of rotatable bonds is 3. The Hall–Kier alpha value is -2.14. The van der Waals surface area contributed by atoms with Crippen molar-refractivity contribution in [2.75, 3.05) is 11.4 Å². The minimum absolute atomic E-state index is 0.0815. The smallest absolute Gasteiger partial charge is 0.289 e. The van der Waals surface area contributed by atoms with E-state index < -0.39 is 4.92 Å². The maximum absolute atomic E-state index is 10.8. The van der Waals surface area contributed by atoms with E-state index in [0.717, 1.165) is 25.8 Å². The van der Waals surface area contributed by atoms with Crippen molar-refractivity contribution in [2.24, 2.45) is 0 Å². The average Bonchev–Trinajstić information content (AvgIpc) is 2.55. The fraction of sp³-hybridized carbons (Fsp3) is 0.312. The highest BCUT2D eigenvalue weighted by Gasteiger charge is 2.27. The number of piperidine rings is 1. The summed E-state index contributed by atoms with van der Waals surface area (Å²) in [6.07, 6.45) is 4.52. The normalized spacial score (nSPS) is 18.2. The molecule has 2 aromatic rings. The molecule has 0 N–H and O–H groups in total. The molecule has 0 aliphatic carbocycles. The molecule has 1 atom stereocenters. The number of hydrogen-bond donors (Lipinski definition) is 0. The van der Waals surface area contributed by atoms with Crippen LogP contribution in [-0.4, -0.2) is 16.5 Å². The zero-order chi connectivity index (χ0) is 15.5. The standard InChI is InChI=1S/C16H16ClN3O2/c17-14-10-13(20(21)22)11-18-16(14)19-9-5-4-8-15(19)12-6-2-1-3-7-12/h1-3,6-7,10-11,15H,4-5,8-9H2/t15-/m0/s1. The predicted molar refractivity (Wildman–Crippen MR) is 86.3 cm³/mol. The molecule has 5 nitrogen and oxygen atoms in total. The fourth-order valence-corrected chi connectivity index (χ4v) is 3.21. The van der Waals surface area contributed by atoms with Gasteiger partial charge in [0.25, 0.3) is 5.69 Å². The number of anilines is 1. The van der Waals surface area contributed by atoms with Crippen molar-refractivity contribution in [3.05, 3.63) is 63.3 Å². The van der Waals surface area contributed by atoms with Gasteiger partial charge in [-0.2, -0.15) is 0 Å². The van der Waals surface area contributed by atoms with Gasteiger partial charge in [-0.1, -0.05) is 41.9 Å². The maximum atomic E-state index is 10.8. The Morgan fingerprint density at radius 1 is 1.27 bits per heavy atom. The third-order valence-electron chi connectivity index (χ3n) is 3.98. The zero-order valence-electron chi connectivity index (χ0n) is 12.0. The molecule has 6 heteroatoms. The zero-order valence-corrected chi connectivity index (χ0v) is 12.7. The number of nitro groups is 1. The number of pyridine rings is 1. The minimum Gasteiger partial charge on any atom is -0.348 e. The minimum atomic E-state index is -0.479. The van der Waals surface area contributed by atoms with Gasteiger partial charge in [-0.3, -0.25) is 10.1 Å². The Morgan fingerprint density at radius 3 is 2.73 bits per heavy atom. The molecule has 1 aromatic carbocycles. The first kappa shape index (κ1) is 14.8. The van der Waals surface area contributed by atoms with Crippen molar-refractivity contribution in [3.8, 4) is 0 Å². The van der Waals surface area contributed by atoms with E-state index in [2.05, 4.69) is 22.0 Å². The van der Waals surface area contributed by atoms with Gasteiger partial charge >= 0.3 is 0 Å². The third kappa shape index (κ3) is 2.90. The second-order valence-corrected chi connectivity index (χ2v) is 5.78. The molecule has 3 rings (SSSR count). The van der Waals surface area contributed by atoms with Gasteiger partial charge in [0.2, 0.25) is 0 Å². The Kier molecular flexibility index (Phi) is 4.24. The fourth-order valence-electron chi connectivity index (χ4n) is 2.94. The van der Waals surface area contributed by atoms with Crippen LogP contribution in [-0.2, 0) is 0 Å². The summed E-state index contributed by atoms with van der Waals surface area (Å²) in [7, 11) is 0. The Morgan fingerprint density at radius 2 is 2.05 bits per heavy atom. The average molecular weight is 318 g/mol. The van der Waals surface area contributed by atoms with Crippen LogP contribution in [0.1, 0.15) is 30.9 Å². The first-order valence-corrected chi connectivity index (χ1v) is 7.66. The molecule has 0 radical (unpaired) electrons. The molecular formula is C16H16ClN3O2. The van der Waals surface area contributed by atoms with E-state index in [0.29, 0.717) is 10.8 Å². The molecule has 0 bridgehead atoms. The van der Waals surface area contributed by atoms with Crippen LogP contribution in [0.5, 0.6) is 0 Å². The van der Waals surface area contributed by atoms with Crippen LogP contribution in [0.15, 0.2) is 42.6 Å². The summed E-state index contributed by atoms with van der Waals surface area (Å²) >= 11 is 6.25. The molecule has 1 aromatic heterocycles. The van der Waals surface area contributed by atoms with Crippen molar-refractivity contribution in [2.45, 2.75) is 25.3 Å². The number of hydrogen-bond acceptors (Lipinski definition) is 4. The summed E-state index contributed by atoms with van der Waals surface area (Å²) in [6.45, 7) is 0.851. The van der Waals surface area contributed by atoms with Gasteiger partial charge in [-0.25, -0.2) is 4.98 Å². The Bertz CT molecular complexity index is 678. The lowest BCUT2D eigenvalue weighted by atomic mass is 9.95. The maximum Gasteiger partial charge on any atom is 0.289 e. The van der Waals surface area contributed by atoms with Gasteiger partial charge in [-0.05, 0) is 24.8 Å². The van der Waals surface area contributed by atoms with E-state index in [4.69, 9.17) is 11.6 Å². The largest absolute Gasteiger partial charge is 0.348 e. The molecule has 1 saturated heterocycles. The van der Waals surface area contributed by atoms with Gasteiger partial charge in [0, 0.05) is 12.6 Å². The highest BCUT2D eigenvalue weighted by Crippen LogP contribution is 2.37. The van der Waals surface area contributed by atoms with Gasteiger partial charge in [0.1, 0.15) is 12.0 Å². The summed E-state index contributed by atoms with van der Waals surface area (Å²) in [6, 6.07) is 11.8. The third-order valence-corrected chi connectivity index (χ3v) is 4.26. The lowest BCUT2D eigenvalue weighted by molar-refractivity contribution is -0.385. The van der Waals surface area contributed by atoms with E-state index in [1.165, 1.54) is 17.8 Å². The molecule has 22 heavy (non-hydrogen) atoms. The summed E-state index contributed by atoms with van der Waals surface area (Å²) in [5, 5.41) is 11.2. The molecule has 0 amide bonds. The molecule has 0 unspecified atom stereocenters. The van der Waals surface area contributed by atoms with E-state index in [1.54, 1.807) is 0 Å². The number of nitrogens with zero attached hydrogens (tertiary/aromatic N) is 3. The summed E-state index contributed by atoms with van der Waals surface area (Å²) in [5.74, 6) is 0.626. The molecule has 114 valence electrons. The van der Waals surface area contributed by atoms with Crippen LogP contribution >= 0.6 is 11.6 Å². The summed E-state index contributed by atoms with van der Waals surface area (Å²) in [5.41, 5.74) is 1.14. The van der Waals surface area contributed by atoms with Crippen LogP contribution in [0.3, 0.4) is 0 Å². The van der Waals surface area contributed by atoms with Gasteiger partial charge in [0.15, 0.2) is 0 Å². The summed E-state index contributed by atoms with van der Waals surface area (Å²) < 4.78 is 0. The molecule has 1 fully saturated rings. The van der Waals surface area contributed by atoms with Crippen LogP contribution in [0, 0.1) is 10.1 Å². The van der Waals surface area contributed by atoms with Crippen LogP contribution < -0.4 is 4.90 Å². The highest BCUT2D eigenvalue weighted by atomic mass is 35.5. The molecule has 1 aliphatic heterocycles. The molecule has 0 spiro atoms. The monoisotopic (exact) mass is 317 g/mol. The second-order valence-electron chi connectivity index (χ2n) is 5.37. The van der Waals surface area contributed by atoms with Crippen molar-refractivity contribution < 1.29 is 4.92 Å². The number of aromatic nitrogens is 1. The quantitative estimate of drug-likeness (QED) is 0.623. The lowest BCUT2D eigenvalue weighted by Gasteiger charge is -2.37. The SMILES string of the molecule is O=[N+]([O-])c1cnc(N2CCCC[C@H]2c2ccccc2)c(Cl)c1. The molecule has 2 heterocycles. The predicted octanol–water partition coefficient (Wildman–Crippen LogP) is 4.37. The lowest BCUT2D eigenvalue weighted by Crippen LogP contribution is -2.34. The van der Waals surface area contributed by atoms with E-state index in [1.807, 2.05) is 18.2 Å². The van der Waals surface area contributed by atoms with Crippen molar-refractivity contribution in [3.63, 3.8) is 0 Å². The first-order chi connectivity index (χ1) is 10.7. The molecule has 0 saturated carbocycles. The van der Waals surface area contributed by atoms with Crippen LogP contribution in [0.2, 0.25) is 5.02 Å². The number of halogens is 1. The van der Waals surface area contributed by atoms with Crippen molar-refractivity contribution >= 4 is 23.1 Å². The van der Waals surface area contributed by atoms with Gasteiger partial charge in [-0.15, -0.1) is 0 Å². The van der Waals surface area contributed by atoms with Crippen LogP contribution in [0.25, 0.3) is 0 Å². The topological polar surface area (TPSA) is 59.3 Å². The first-order valence-electron chi connectivity index (χ1n) is 7.28. The van der Waals surface area contributed by atoms with Crippen LogP contribution in [0.4, 0.5) is 11.5 Å². The van der Waals surface area contributed by atoms with E-state index in [-0.39, 0.29) is 11.7 Å².